The highest BCUT2D eigenvalue weighted by atomic mass is 16.6. The highest BCUT2D eigenvalue weighted by molar-refractivity contribution is 5.92. The molecule has 3 N–H and O–H groups in total. The summed E-state index contributed by atoms with van der Waals surface area (Å²) in [5.41, 5.74) is 7.78. The molecule has 1 amide bonds. The summed E-state index contributed by atoms with van der Waals surface area (Å²) in [6, 6.07) is 8.20. The van der Waals surface area contributed by atoms with Gasteiger partial charge in [-0.25, -0.2) is 4.79 Å². The second-order valence-electron chi connectivity index (χ2n) is 7.81. The number of benzene rings is 1. The van der Waals surface area contributed by atoms with Crippen molar-refractivity contribution in [1.82, 2.24) is 4.90 Å². The third kappa shape index (κ3) is 6.58. The summed E-state index contributed by atoms with van der Waals surface area (Å²) in [4.78, 5) is 18.3. The molecule has 1 aliphatic rings. The number of aryl methyl sites for hydroxylation is 1. The van der Waals surface area contributed by atoms with Gasteiger partial charge in [0, 0.05) is 25.3 Å². The summed E-state index contributed by atoms with van der Waals surface area (Å²) in [5.74, 6) is 0.875. The molecule has 144 valence electrons. The van der Waals surface area contributed by atoms with E-state index >= 15 is 0 Å². The van der Waals surface area contributed by atoms with Gasteiger partial charge in [0.25, 0.3) is 0 Å². The quantitative estimate of drug-likeness (QED) is 0.635. The molecule has 0 atom stereocenters. The van der Waals surface area contributed by atoms with Crippen LogP contribution >= 0.6 is 0 Å². The number of rotatable bonds is 4. The molecule has 0 aromatic heterocycles. The van der Waals surface area contributed by atoms with Crippen LogP contribution in [0.2, 0.25) is 0 Å². The number of aliphatic imine (C=N–C) groups is 1. The summed E-state index contributed by atoms with van der Waals surface area (Å²) < 4.78 is 5.42. The molecule has 0 radical (unpaired) electrons. The number of anilines is 1. The van der Waals surface area contributed by atoms with Crippen LogP contribution in [0.1, 0.15) is 46.1 Å². The Morgan fingerprint density at radius 2 is 1.88 bits per heavy atom. The number of hydrogen-bond acceptors (Lipinski definition) is 3. The predicted octanol–water partition coefficient (Wildman–Crippen LogP) is 3.62. The van der Waals surface area contributed by atoms with Crippen LogP contribution in [0, 0.1) is 5.92 Å². The van der Waals surface area contributed by atoms with Gasteiger partial charge >= 0.3 is 6.09 Å². The maximum absolute atomic E-state index is 12.1. The van der Waals surface area contributed by atoms with Crippen molar-refractivity contribution in [3.8, 4) is 0 Å². The first-order chi connectivity index (χ1) is 12.3. The molecule has 0 spiro atoms. The number of carbonyl (C=O) groups is 1. The average Bonchev–Trinajstić information content (AvgIpc) is 2.59. The largest absolute Gasteiger partial charge is 0.444 e. The summed E-state index contributed by atoms with van der Waals surface area (Å²) in [6.07, 6.45) is 2.63. The number of ether oxygens (including phenoxy) is 1. The molecule has 1 heterocycles. The Bertz CT molecular complexity index is 612. The summed E-state index contributed by atoms with van der Waals surface area (Å²) in [5, 5.41) is 3.13. The van der Waals surface area contributed by atoms with E-state index in [0.29, 0.717) is 31.5 Å². The van der Waals surface area contributed by atoms with Gasteiger partial charge in [-0.05, 0) is 63.6 Å². The second kappa shape index (κ2) is 8.92. The number of nitrogens with zero attached hydrogens (tertiary/aromatic N) is 2. The molecular weight excluding hydrogens is 328 g/mol. The minimum atomic E-state index is -0.451. The Labute approximate surface area is 156 Å². The molecule has 2 rings (SSSR count). The highest BCUT2D eigenvalue weighted by Crippen LogP contribution is 2.20. The molecule has 1 saturated heterocycles. The van der Waals surface area contributed by atoms with Crippen molar-refractivity contribution in [1.29, 1.82) is 0 Å². The van der Waals surface area contributed by atoms with Crippen molar-refractivity contribution in [3.63, 3.8) is 0 Å². The van der Waals surface area contributed by atoms with Gasteiger partial charge in [-0.1, -0.05) is 19.1 Å². The van der Waals surface area contributed by atoms with Crippen LogP contribution in [0.4, 0.5) is 10.5 Å². The zero-order chi connectivity index (χ0) is 19.2. The van der Waals surface area contributed by atoms with Crippen LogP contribution in [-0.2, 0) is 11.2 Å². The van der Waals surface area contributed by atoms with Gasteiger partial charge in [0.05, 0.1) is 0 Å². The fraction of sp³-hybridized carbons (Fsp3) is 0.600. The fourth-order valence-corrected chi connectivity index (χ4v) is 2.86. The topological polar surface area (TPSA) is 80.0 Å². The Balaban J connectivity index is 1.76. The van der Waals surface area contributed by atoms with E-state index in [4.69, 9.17) is 10.5 Å². The predicted molar refractivity (Wildman–Crippen MR) is 106 cm³/mol. The summed E-state index contributed by atoms with van der Waals surface area (Å²) in [6.45, 7) is 9.88. The van der Waals surface area contributed by atoms with E-state index in [0.717, 1.165) is 24.9 Å². The van der Waals surface area contributed by atoms with Crippen molar-refractivity contribution < 1.29 is 9.53 Å². The first kappa shape index (κ1) is 20.1. The van der Waals surface area contributed by atoms with Crippen molar-refractivity contribution >= 4 is 17.7 Å². The lowest BCUT2D eigenvalue weighted by Gasteiger charge is -2.33. The number of carbonyl (C=O) groups excluding carboxylic acids is 1. The van der Waals surface area contributed by atoms with E-state index in [1.165, 1.54) is 5.56 Å². The van der Waals surface area contributed by atoms with E-state index in [-0.39, 0.29) is 6.09 Å². The molecule has 0 aliphatic carbocycles. The third-order valence-corrected chi connectivity index (χ3v) is 4.42. The smallest absolute Gasteiger partial charge is 0.410 e. The van der Waals surface area contributed by atoms with Crippen molar-refractivity contribution in [2.24, 2.45) is 16.6 Å². The van der Waals surface area contributed by atoms with Gasteiger partial charge in [-0.3, -0.25) is 4.99 Å². The second-order valence-corrected chi connectivity index (χ2v) is 7.81. The molecule has 1 fully saturated rings. The van der Waals surface area contributed by atoms with Crippen LogP contribution < -0.4 is 11.1 Å². The molecule has 0 saturated carbocycles. The minimum Gasteiger partial charge on any atom is -0.444 e. The molecule has 1 aromatic rings. The van der Waals surface area contributed by atoms with E-state index in [1.54, 1.807) is 4.90 Å². The van der Waals surface area contributed by atoms with E-state index in [9.17, 15) is 4.79 Å². The standard InChI is InChI=1S/C20H32N4O2/c1-5-15-6-8-17(9-7-15)23-18(21)22-14-16-10-12-24(13-11-16)19(25)26-20(2,3)4/h6-9,16H,5,10-14H2,1-4H3,(H3,21,22,23). The third-order valence-electron chi connectivity index (χ3n) is 4.42. The van der Waals surface area contributed by atoms with Crippen LogP contribution in [0.5, 0.6) is 0 Å². The fourth-order valence-electron chi connectivity index (χ4n) is 2.86. The van der Waals surface area contributed by atoms with Crippen LogP contribution in [-0.4, -0.2) is 42.2 Å². The zero-order valence-corrected chi connectivity index (χ0v) is 16.4. The molecule has 6 nitrogen and oxygen atoms in total. The first-order valence-electron chi connectivity index (χ1n) is 9.40. The number of likely N-dealkylation sites (tertiary alicyclic amines) is 1. The lowest BCUT2D eigenvalue weighted by molar-refractivity contribution is 0.0187. The molecule has 1 aromatic carbocycles. The zero-order valence-electron chi connectivity index (χ0n) is 16.4. The van der Waals surface area contributed by atoms with Gasteiger partial charge in [-0.2, -0.15) is 0 Å². The monoisotopic (exact) mass is 360 g/mol. The van der Waals surface area contributed by atoms with Crippen LogP contribution in [0.3, 0.4) is 0 Å². The summed E-state index contributed by atoms with van der Waals surface area (Å²) in [7, 11) is 0. The van der Waals surface area contributed by atoms with Crippen LogP contribution in [0.15, 0.2) is 29.3 Å². The Morgan fingerprint density at radius 3 is 2.42 bits per heavy atom. The first-order valence-corrected chi connectivity index (χ1v) is 9.40. The molecule has 26 heavy (non-hydrogen) atoms. The molecule has 0 bridgehead atoms. The Morgan fingerprint density at radius 1 is 1.27 bits per heavy atom. The molecule has 6 heteroatoms. The molecule has 1 aliphatic heterocycles. The van der Waals surface area contributed by atoms with Gasteiger partial charge < -0.3 is 20.7 Å². The number of piperidine rings is 1. The number of hydrogen-bond donors (Lipinski definition) is 2. The number of nitrogens with one attached hydrogen (secondary N) is 1. The number of nitrogens with two attached hydrogens (primary N) is 1. The molecule has 0 unspecified atom stereocenters. The Hall–Kier alpha value is -2.24. The van der Waals surface area contributed by atoms with E-state index in [2.05, 4.69) is 29.4 Å². The van der Waals surface area contributed by atoms with Crippen molar-refractivity contribution in [2.45, 2.75) is 52.6 Å². The number of amides is 1. The normalized spacial score (nSPS) is 16.5. The molecular formula is C20H32N4O2. The van der Waals surface area contributed by atoms with Gasteiger partial charge in [0.15, 0.2) is 5.96 Å². The highest BCUT2D eigenvalue weighted by Gasteiger charge is 2.26. The minimum absolute atomic E-state index is 0.226. The van der Waals surface area contributed by atoms with Gasteiger partial charge in [0.2, 0.25) is 0 Å². The maximum atomic E-state index is 12.1. The van der Waals surface area contributed by atoms with Gasteiger partial charge in [0.1, 0.15) is 5.60 Å². The lowest BCUT2D eigenvalue weighted by atomic mass is 9.97. The van der Waals surface area contributed by atoms with E-state index < -0.39 is 5.60 Å². The van der Waals surface area contributed by atoms with E-state index in [1.807, 2.05) is 32.9 Å². The van der Waals surface area contributed by atoms with Crippen molar-refractivity contribution in [2.75, 3.05) is 25.0 Å². The van der Waals surface area contributed by atoms with Crippen LogP contribution in [0.25, 0.3) is 0 Å². The van der Waals surface area contributed by atoms with Gasteiger partial charge in [-0.15, -0.1) is 0 Å². The average molecular weight is 361 g/mol. The maximum Gasteiger partial charge on any atom is 0.410 e. The summed E-state index contributed by atoms with van der Waals surface area (Å²) >= 11 is 0. The van der Waals surface area contributed by atoms with Crippen molar-refractivity contribution in [3.05, 3.63) is 29.8 Å². The SMILES string of the molecule is CCc1ccc(NC(N)=NCC2CCN(C(=O)OC(C)(C)C)CC2)cc1. The Kier molecular flexibility index (Phi) is 6.89. The lowest BCUT2D eigenvalue weighted by Crippen LogP contribution is -2.42. The number of guanidine groups is 1.